The highest BCUT2D eigenvalue weighted by Gasteiger charge is 2.10. The number of hydrogen-bond donors (Lipinski definition) is 0. The molecule has 1 heterocycles. The number of halogens is 2. The fourth-order valence-corrected chi connectivity index (χ4v) is 2.50. The molecule has 15 heavy (non-hydrogen) atoms. The normalized spacial score (nSPS) is 11.9. The number of hydrogen-bond acceptors (Lipinski definition) is 4. The van der Waals surface area contributed by atoms with Gasteiger partial charge in [0, 0.05) is 0 Å². The summed E-state index contributed by atoms with van der Waals surface area (Å²) in [6, 6.07) is 4.56. The molecule has 2 rings (SSSR count). The summed E-state index contributed by atoms with van der Waals surface area (Å²) in [5.41, 5.74) is 1.18. The zero-order valence-corrected chi connectivity index (χ0v) is 11.2. The molecule has 4 nitrogen and oxygen atoms in total. The van der Waals surface area contributed by atoms with Crippen LogP contribution in [0.25, 0.3) is 11.0 Å². The Labute approximate surface area is 102 Å². The maximum atomic E-state index is 11.2. The zero-order valence-electron chi connectivity index (χ0n) is 7.18. The summed E-state index contributed by atoms with van der Waals surface area (Å²) in [4.78, 5) is 8.37. The maximum Gasteiger partial charge on any atom is 0.237 e. The van der Waals surface area contributed by atoms with Crippen LogP contribution in [-0.4, -0.2) is 18.4 Å². The summed E-state index contributed by atoms with van der Waals surface area (Å²) in [5.74, 6) is 0. The molecule has 0 unspecified atom stereocenters. The Morgan fingerprint density at radius 3 is 2.60 bits per heavy atom. The van der Waals surface area contributed by atoms with Gasteiger partial charge in [-0.1, -0.05) is 0 Å². The lowest BCUT2D eigenvalue weighted by Crippen LogP contribution is -1.91. The monoisotopic (exact) mass is 350 g/mol. The average Bonchev–Trinajstić information content (AvgIpc) is 2.15. The van der Waals surface area contributed by atoms with E-state index in [1.165, 1.54) is 12.1 Å². The van der Waals surface area contributed by atoms with Crippen molar-refractivity contribution in [1.29, 1.82) is 0 Å². The lowest BCUT2D eigenvalue weighted by atomic mass is 10.3. The van der Waals surface area contributed by atoms with Gasteiger partial charge in [0.1, 0.15) is 4.60 Å². The molecule has 0 atom stereocenters. The predicted octanol–water partition coefficient (Wildman–Crippen LogP) is 2.48. The van der Waals surface area contributed by atoms with Gasteiger partial charge in [-0.25, -0.2) is 13.4 Å². The topological polar surface area (TPSA) is 59.9 Å². The highest BCUT2D eigenvalue weighted by Crippen LogP contribution is 2.21. The van der Waals surface area contributed by atoms with Crippen molar-refractivity contribution in [2.24, 2.45) is 0 Å². The minimum absolute atomic E-state index is 0.169. The van der Waals surface area contributed by atoms with Gasteiger partial charge in [-0.05, 0) is 34.1 Å². The molecule has 78 valence electrons. The van der Waals surface area contributed by atoms with Crippen LogP contribution < -0.4 is 0 Å². The second-order valence-electron chi connectivity index (χ2n) is 2.78. The van der Waals surface area contributed by atoms with Crippen molar-refractivity contribution in [2.75, 3.05) is 0 Å². The van der Waals surface area contributed by atoms with Crippen LogP contribution in [0.15, 0.2) is 33.9 Å². The van der Waals surface area contributed by atoms with Crippen LogP contribution in [0.3, 0.4) is 0 Å². The Kier molecular flexibility index (Phi) is 2.78. The summed E-state index contributed by atoms with van der Waals surface area (Å²) >= 11 is 5.78. The van der Waals surface area contributed by atoms with E-state index in [4.69, 9.17) is 0 Å². The van der Waals surface area contributed by atoms with E-state index in [-0.39, 0.29) is 4.90 Å². The van der Waals surface area contributed by atoms with E-state index in [0.717, 1.165) is 0 Å². The fraction of sp³-hybridized carbons (Fsp3) is 0. The molecular formula is C8H4Br2N2O2S. The molecule has 0 N–H and O–H groups in total. The highest BCUT2D eigenvalue weighted by molar-refractivity contribution is 9.47. The Bertz CT molecular complexity index is 628. The standard InChI is InChI=1S/C8H4Br2N2O2S/c9-8-4-11-6-2-1-5(15(10,13)14)3-7(6)12-8/h1-4H. The van der Waals surface area contributed by atoms with E-state index >= 15 is 0 Å². The molecule has 0 saturated heterocycles. The number of fused-ring (bicyclic) bond motifs is 1. The molecule has 0 radical (unpaired) electrons. The second-order valence-corrected chi connectivity index (χ2v) is 7.50. The van der Waals surface area contributed by atoms with Crippen molar-refractivity contribution < 1.29 is 8.42 Å². The smallest absolute Gasteiger partial charge is 0.237 e. The Balaban J connectivity index is 2.75. The summed E-state index contributed by atoms with van der Waals surface area (Å²) < 4.78 is 23.0. The lowest BCUT2D eigenvalue weighted by Gasteiger charge is -1.99. The van der Waals surface area contributed by atoms with Crippen molar-refractivity contribution in [1.82, 2.24) is 9.97 Å². The summed E-state index contributed by atoms with van der Waals surface area (Å²) in [6.45, 7) is 0. The first-order valence-corrected chi connectivity index (χ1v) is 7.96. The molecule has 0 amide bonds. The number of benzene rings is 1. The molecule has 0 spiro atoms. The van der Waals surface area contributed by atoms with Crippen molar-refractivity contribution in [3.8, 4) is 0 Å². The molecule has 1 aromatic heterocycles. The Hall–Kier alpha value is -0.530. The minimum Gasteiger partial charge on any atom is -0.252 e. The summed E-state index contributed by atoms with van der Waals surface area (Å²) in [6.07, 6.45) is 1.56. The maximum absolute atomic E-state index is 11.2. The molecule has 1 aromatic carbocycles. The van der Waals surface area contributed by atoms with E-state index in [1.807, 2.05) is 0 Å². The quantitative estimate of drug-likeness (QED) is 0.740. The lowest BCUT2D eigenvalue weighted by molar-refractivity contribution is 0.611. The number of aromatic nitrogens is 2. The van der Waals surface area contributed by atoms with Crippen LogP contribution in [-0.2, 0) is 8.27 Å². The molecular weight excluding hydrogens is 348 g/mol. The van der Waals surface area contributed by atoms with Gasteiger partial charge in [0.25, 0.3) is 0 Å². The van der Waals surface area contributed by atoms with Crippen LogP contribution in [0.4, 0.5) is 0 Å². The van der Waals surface area contributed by atoms with Gasteiger partial charge in [-0.2, -0.15) is 0 Å². The number of nitrogens with zero attached hydrogens (tertiary/aromatic N) is 2. The molecule has 0 bridgehead atoms. The van der Waals surface area contributed by atoms with E-state index in [1.54, 1.807) is 12.3 Å². The third kappa shape index (κ3) is 2.35. The van der Waals surface area contributed by atoms with Gasteiger partial charge < -0.3 is 0 Å². The van der Waals surface area contributed by atoms with E-state index in [2.05, 4.69) is 40.7 Å². The van der Waals surface area contributed by atoms with Crippen molar-refractivity contribution in [3.05, 3.63) is 29.0 Å². The van der Waals surface area contributed by atoms with Gasteiger partial charge in [-0.3, -0.25) is 4.98 Å². The van der Waals surface area contributed by atoms with Crippen LogP contribution in [0, 0.1) is 0 Å². The van der Waals surface area contributed by atoms with Crippen LogP contribution in [0.2, 0.25) is 0 Å². The summed E-state index contributed by atoms with van der Waals surface area (Å²) in [7, 11) is -3.38. The summed E-state index contributed by atoms with van der Waals surface area (Å²) in [5, 5.41) is 0. The molecule has 0 aliphatic carbocycles. The molecule has 2 aromatic rings. The van der Waals surface area contributed by atoms with Gasteiger partial charge in [0.05, 0.1) is 36.9 Å². The molecule has 0 aliphatic heterocycles. The largest absolute Gasteiger partial charge is 0.252 e. The van der Waals surface area contributed by atoms with E-state index in [9.17, 15) is 8.42 Å². The second kappa shape index (κ2) is 3.80. The fourth-order valence-electron chi connectivity index (χ4n) is 1.12. The highest BCUT2D eigenvalue weighted by atomic mass is 79.9. The van der Waals surface area contributed by atoms with Gasteiger partial charge >= 0.3 is 0 Å². The third-order valence-electron chi connectivity index (χ3n) is 1.77. The minimum atomic E-state index is -3.38. The van der Waals surface area contributed by atoms with Gasteiger partial charge in [-0.15, -0.1) is 0 Å². The predicted molar refractivity (Wildman–Crippen MR) is 63.4 cm³/mol. The van der Waals surface area contributed by atoms with Gasteiger partial charge in [0.15, 0.2) is 0 Å². The average molecular weight is 352 g/mol. The van der Waals surface area contributed by atoms with Crippen molar-refractivity contribution in [2.45, 2.75) is 4.90 Å². The first-order chi connectivity index (χ1) is 6.97. The van der Waals surface area contributed by atoms with Crippen LogP contribution >= 0.6 is 30.7 Å². The Morgan fingerprint density at radius 2 is 1.93 bits per heavy atom. The van der Waals surface area contributed by atoms with Crippen LogP contribution in [0.5, 0.6) is 0 Å². The van der Waals surface area contributed by atoms with Crippen LogP contribution in [0.1, 0.15) is 0 Å². The van der Waals surface area contributed by atoms with E-state index in [0.29, 0.717) is 15.6 Å². The van der Waals surface area contributed by atoms with Crippen molar-refractivity contribution >= 4 is 50.0 Å². The first kappa shape index (κ1) is 11.0. The molecule has 0 aliphatic rings. The first-order valence-electron chi connectivity index (χ1n) is 3.84. The molecule has 0 fully saturated rings. The van der Waals surface area contributed by atoms with Gasteiger partial charge in [0.2, 0.25) is 8.27 Å². The SMILES string of the molecule is O=S(=O)(Br)c1ccc2ncc(Br)nc2c1. The van der Waals surface area contributed by atoms with Crippen molar-refractivity contribution in [3.63, 3.8) is 0 Å². The Morgan fingerprint density at radius 1 is 1.20 bits per heavy atom. The molecule has 7 heteroatoms. The third-order valence-corrected chi connectivity index (χ3v) is 4.09. The zero-order chi connectivity index (χ0) is 11.1. The molecule has 0 saturated carbocycles. The number of rotatable bonds is 1. The van der Waals surface area contributed by atoms with E-state index < -0.39 is 8.27 Å².